The zero-order valence-corrected chi connectivity index (χ0v) is 16.4. The largest absolute Gasteiger partial charge is 0.306 e. The monoisotopic (exact) mass is 457 g/mol. The summed E-state index contributed by atoms with van der Waals surface area (Å²) in [6.07, 6.45) is 0. The van der Waals surface area contributed by atoms with Crippen molar-refractivity contribution in [3.05, 3.63) is 67.2 Å². The summed E-state index contributed by atoms with van der Waals surface area (Å²) in [5, 5.41) is 3.60. The van der Waals surface area contributed by atoms with Crippen LogP contribution in [0, 0.1) is 3.57 Å². The Morgan fingerprint density at radius 2 is 1.67 bits per heavy atom. The molecule has 0 aliphatic heterocycles. The molecule has 0 heterocycles. The van der Waals surface area contributed by atoms with Crippen molar-refractivity contribution in [1.29, 1.82) is 0 Å². The smallest absolute Gasteiger partial charge is 0.0588 e. The Balaban J connectivity index is 2.40. The molecule has 0 aliphatic carbocycles. The summed E-state index contributed by atoms with van der Waals surface area (Å²) >= 11 is 6.06. The lowest BCUT2D eigenvalue weighted by Crippen LogP contribution is -2.22. The Morgan fingerprint density at radius 1 is 1.05 bits per heavy atom. The molecule has 21 heavy (non-hydrogen) atoms. The highest BCUT2D eigenvalue weighted by molar-refractivity contribution is 14.1. The highest BCUT2D eigenvalue weighted by atomic mass is 127. The van der Waals surface area contributed by atoms with Crippen molar-refractivity contribution < 1.29 is 0 Å². The molecule has 112 valence electrons. The molecular weight excluding hydrogens is 437 g/mol. The maximum absolute atomic E-state index is 3.69. The van der Waals surface area contributed by atoms with Crippen LogP contribution < -0.4 is 5.32 Å². The van der Waals surface area contributed by atoms with Gasteiger partial charge in [-0.1, -0.05) is 61.0 Å². The average Bonchev–Trinajstić information content (AvgIpc) is 2.48. The molecule has 0 fully saturated rings. The van der Waals surface area contributed by atoms with Gasteiger partial charge >= 0.3 is 0 Å². The van der Waals surface area contributed by atoms with E-state index in [1.165, 1.54) is 20.3 Å². The molecule has 0 aromatic heterocycles. The summed E-state index contributed by atoms with van der Waals surface area (Å²) in [7, 11) is 0. The number of hydrogen-bond acceptors (Lipinski definition) is 1. The number of nitrogens with one attached hydrogen (secondary N) is 1. The van der Waals surface area contributed by atoms with E-state index in [0.29, 0.717) is 5.92 Å². The summed E-state index contributed by atoms with van der Waals surface area (Å²) in [5.74, 6) is 0.570. The van der Waals surface area contributed by atoms with Crippen LogP contribution in [0.1, 0.15) is 49.4 Å². The molecule has 0 bridgehead atoms. The summed E-state index contributed by atoms with van der Waals surface area (Å²) in [6, 6.07) is 15.7. The zero-order chi connectivity index (χ0) is 15.4. The molecule has 3 heteroatoms. The van der Waals surface area contributed by atoms with E-state index >= 15 is 0 Å². The van der Waals surface area contributed by atoms with E-state index in [-0.39, 0.29) is 6.04 Å². The Bertz CT molecular complexity index is 593. The van der Waals surface area contributed by atoms with E-state index in [1.807, 2.05) is 0 Å². The van der Waals surface area contributed by atoms with Crippen LogP contribution in [0.2, 0.25) is 0 Å². The van der Waals surface area contributed by atoms with Gasteiger partial charge in [-0.15, -0.1) is 0 Å². The molecule has 2 aromatic rings. The maximum Gasteiger partial charge on any atom is 0.0588 e. The molecule has 1 N–H and O–H groups in total. The van der Waals surface area contributed by atoms with Crippen molar-refractivity contribution in [3.8, 4) is 0 Å². The van der Waals surface area contributed by atoms with E-state index in [1.54, 1.807) is 0 Å². The first-order valence-corrected chi connectivity index (χ1v) is 9.18. The molecule has 0 saturated heterocycles. The van der Waals surface area contributed by atoms with E-state index in [9.17, 15) is 0 Å². The Morgan fingerprint density at radius 3 is 2.24 bits per heavy atom. The molecule has 0 aliphatic rings. The first-order chi connectivity index (χ1) is 10.0. The zero-order valence-electron chi connectivity index (χ0n) is 12.7. The molecular formula is C18H21BrIN. The van der Waals surface area contributed by atoms with Gasteiger partial charge in [0, 0.05) is 8.04 Å². The summed E-state index contributed by atoms with van der Waals surface area (Å²) in [5.41, 5.74) is 3.99. The van der Waals surface area contributed by atoms with Gasteiger partial charge in [-0.3, -0.25) is 0 Å². The lowest BCUT2D eigenvalue weighted by Gasteiger charge is -2.21. The van der Waals surface area contributed by atoms with Gasteiger partial charge < -0.3 is 5.32 Å². The highest BCUT2D eigenvalue weighted by Crippen LogP contribution is 2.30. The van der Waals surface area contributed by atoms with Gasteiger partial charge in [0.1, 0.15) is 0 Å². The van der Waals surface area contributed by atoms with E-state index in [0.717, 1.165) is 11.0 Å². The summed E-state index contributed by atoms with van der Waals surface area (Å²) < 4.78 is 2.41. The molecule has 1 nitrogen and oxygen atoms in total. The molecule has 0 radical (unpaired) electrons. The van der Waals surface area contributed by atoms with Gasteiger partial charge in [-0.2, -0.15) is 0 Å². The quantitative estimate of drug-likeness (QED) is 0.553. The summed E-state index contributed by atoms with van der Waals surface area (Å²) in [6.45, 7) is 7.55. The second-order valence-corrected chi connectivity index (χ2v) is 7.58. The highest BCUT2D eigenvalue weighted by Gasteiger charge is 2.16. The Kier molecular flexibility index (Phi) is 6.26. The molecule has 1 atom stereocenters. The normalized spacial score (nSPS) is 12.7. The van der Waals surface area contributed by atoms with Crippen molar-refractivity contribution in [2.45, 2.75) is 32.7 Å². The SMILES string of the molecule is CCNC(c1ccc(C(C)C)cc1)c1cc(I)ccc1Br. The summed E-state index contributed by atoms with van der Waals surface area (Å²) in [4.78, 5) is 0. The van der Waals surface area contributed by atoms with Crippen LogP contribution in [0.4, 0.5) is 0 Å². The number of rotatable bonds is 5. The van der Waals surface area contributed by atoms with Crippen molar-refractivity contribution in [2.75, 3.05) is 6.54 Å². The molecule has 2 aromatic carbocycles. The Labute approximate surface area is 149 Å². The topological polar surface area (TPSA) is 12.0 Å². The second-order valence-electron chi connectivity index (χ2n) is 5.48. The molecule has 0 saturated carbocycles. The van der Waals surface area contributed by atoms with Crippen LogP contribution in [0.25, 0.3) is 0 Å². The van der Waals surface area contributed by atoms with Crippen LogP contribution in [-0.2, 0) is 0 Å². The predicted octanol–water partition coefficient (Wildman–Crippen LogP) is 5.88. The van der Waals surface area contributed by atoms with Gasteiger partial charge in [0.15, 0.2) is 0 Å². The third-order valence-corrected chi connectivity index (χ3v) is 5.01. The van der Waals surface area contributed by atoms with Crippen LogP contribution in [0.15, 0.2) is 46.9 Å². The molecule has 1 unspecified atom stereocenters. The molecule has 0 amide bonds. The average molecular weight is 458 g/mol. The number of hydrogen-bond donors (Lipinski definition) is 1. The van der Waals surface area contributed by atoms with E-state index in [2.05, 4.69) is 107 Å². The molecule has 0 spiro atoms. The van der Waals surface area contributed by atoms with Gasteiger partial charge in [-0.05, 0) is 69.9 Å². The van der Waals surface area contributed by atoms with Gasteiger partial charge in [-0.25, -0.2) is 0 Å². The van der Waals surface area contributed by atoms with Crippen LogP contribution >= 0.6 is 38.5 Å². The minimum absolute atomic E-state index is 0.223. The maximum atomic E-state index is 3.69. The van der Waals surface area contributed by atoms with Crippen molar-refractivity contribution in [3.63, 3.8) is 0 Å². The number of halogens is 2. The Hall–Kier alpha value is -0.390. The lowest BCUT2D eigenvalue weighted by molar-refractivity contribution is 0.628. The third kappa shape index (κ3) is 4.30. The van der Waals surface area contributed by atoms with Gasteiger partial charge in [0.2, 0.25) is 0 Å². The minimum atomic E-state index is 0.223. The molecule has 2 rings (SSSR count). The fraction of sp³-hybridized carbons (Fsp3) is 0.333. The first-order valence-electron chi connectivity index (χ1n) is 7.31. The second kappa shape index (κ2) is 7.75. The fourth-order valence-electron chi connectivity index (χ4n) is 2.42. The predicted molar refractivity (Wildman–Crippen MR) is 103 cm³/mol. The minimum Gasteiger partial charge on any atom is -0.306 e. The van der Waals surface area contributed by atoms with Crippen molar-refractivity contribution in [2.24, 2.45) is 0 Å². The van der Waals surface area contributed by atoms with Crippen LogP contribution in [-0.4, -0.2) is 6.54 Å². The number of benzene rings is 2. The van der Waals surface area contributed by atoms with Crippen LogP contribution in [0.5, 0.6) is 0 Å². The van der Waals surface area contributed by atoms with E-state index < -0.39 is 0 Å². The third-order valence-electron chi connectivity index (χ3n) is 3.61. The fourth-order valence-corrected chi connectivity index (χ4v) is 3.41. The van der Waals surface area contributed by atoms with Crippen molar-refractivity contribution >= 4 is 38.5 Å². The van der Waals surface area contributed by atoms with Gasteiger partial charge in [0.05, 0.1) is 6.04 Å². The van der Waals surface area contributed by atoms with E-state index in [4.69, 9.17) is 0 Å². The van der Waals surface area contributed by atoms with Gasteiger partial charge in [0.25, 0.3) is 0 Å². The van der Waals surface area contributed by atoms with Crippen molar-refractivity contribution in [1.82, 2.24) is 5.32 Å². The van der Waals surface area contributed by atoms with Crippen LogP contribution in [0.3, 0.4) is 0 Å². The lowest BCUT2D eigenvalue weighted by atomic mass is 9.95. The first kappa shape index (κ1) is 17.0. The standard InChI is InChI=1S/C18H21BrIN/c1-4-21-18(16-11-15(20)9-10-17(16)19)14-7-5-13(6-8-14)12(2)3/h5-12,18,21H,4H2,1-3H3.